The molecule has 45 heavy (non-hydrogen) atoms. The van der Waals surface area contributed by atoms with E-state index in [1.165, 1.54) is 10.9 Å². The summed E-state index contributed by atoms with van der Waals surface area (Å²) in [4.78, 5) is 30.5. The second-order valence-electron chi connectivity index (χ2n) is 10.1. The zero-order valence-electron chi connectivity index (χ0n) is 22.3. The summed E-state index contributed by atoms with van der Waals surface area (Å²) in [5, 5.41) is 10.7. The highest BCUT2D eigenvalue weighted by Gasteiger charge is 2.54. The van der Waals surface area contributed by atoms with Crippen molar-refractivity contribution in [1.29, 1.82) is 0 Å². The minimum absolute atomic E-state index is 0.0336. The number of nitrogen functional groups attached to an aromatic ring is 1. The Morgan fingerprint density at radius 2 is 1.67 bits per heavy atom. The predicted octanol–water partition coefficient (Wildman–Crippen LogP) is 1.67. The number of nitrogens with two attached hydrogens (primary N) is 1. The Bertz CT molecular complexity index is 1950. The lowest BCUT2D eigenvalue weighted by atomic mass is 10.1. The summed E-state index contributed by atoms with van der Waals surface area (Å²) >= 11 is 7.98. The van der Waals surface area contributed by atoms with Gasteiger partial charge in [0.15, 0.2) is 41.6 Å². The Balaban J connectivity index is 1.21. The van der Waals surface area contributed by atoms with Gasteiger partial charge in [-0.15, -0.1) is 0 Å². The van der Waals surface area contributed by atoms with Gasteiger partial charge >= 0.3 is 13.6 Å². The van der Waals surface area contributed by atoms with E-state index < -0.39 is 92.7 Å². The normalized spacial score (nSPS) is 37.7. The van der Waals surface area contributed by atoms with E-state index >= 15 is 4.39 Å². The fraction of sp³-hybridized carbons (Fsp3) is 0.476. The van der Waals surface area contributed by atoms with Gasteiger partial charge in [0.25, 0.3) is 5.56 Å². The molecule has 4 aromatic rings. The van der Waals surface area contributed by atoms with Crippen molar-refractivity contribution in [2.75, 3.05) is 18.9 Å². The van der Waals surface area contributed by atoms with Crippen LogP contribution in [0.25, 0.3) is 22.2 Å². The monoisotopic (exact) mass is 710 g/mol. The fourth-order valence-corrected chi connectivity index (χ4v) is 8.32. The van der Waals surface area contributed by atoms with Crippen molar-refractivity contribution in [2.24, 2.45) is 0 Å². The van der Waals surface area contributed by atoms with E-state index in [9.17, 15) is 23.4 Å². The molecule has 0 unspecified atom stereocenters. The predicted molar refractivity (Wildman–Crippen MR) is 154 cm³/mol. The maximum atomic E-state index is 16.0. The van der Waals surface area contributed by atoms with Crippen molar-refractivity contribution < 1.29 is 50.6 Å². The number of halogens is 2. The van der Waals surface area contributed by atoms with Gasteiger partial charge in [0, 0.05) is 6.20 Å². The summed E-state index contributed by atoms with van der Waals surface area (Å²) in [6.45, 7) is -10.3. The molecule has 3 aliphatic rings. The molecule has 3 saturated heterocycles. The number of aromatic amines is 1. The summed E-state index contributed by atoms with van der Waals surface area (Å²) in [7, 11) is 0. The third-order valence-electron chi connectivity index (χ3n) is 7.40. The second kappa shape index (κ2) is 11.3. The second-order valence-corrected chi connectivity index (χ2v) is 15.9. The maximum absolute atomic E-state index is 16.0. The Labute approximate surface area is 259 Å². The number of H-pyrrole nitrogens is 1. The molecule has 7 rings (SSSR count). The molecule has 24 heteroatoms. The molecule has 10 atom stereocenters. The number of aliphatic hydroxyl groups is 1. The van der Waals surface area contributed by atoms with Gasteiger partial charge in [-0.25, -0.2) is 37.8 Å². The van der Waals surface area contributed by atoms with Gasteiger partial charge in [-0.1, -0.05) is 24.5 Å². The minimum Gasteiger partial charge on any atom is -0.387 e. The Morgan fingerprint density at radius 1 is 0.978 bits per heavy atom. The molecule has 18 nitrogen and oxygen atoms in total. The molecule has 0 aromatic carbocycles. The number of fused-ring (bicyclic) bond motifs is 5. The van der Waals surface area contributed by atoms with E-state index in [0.717, 1.165) is 23.4 Å². The number of thiol groups is 2. The van der Waals surface area contributed by atoms with Crippen LogP contribution in [0.3, 0.4) is 0 Å². The first kappa shape index (κ1) is 31.1. The average molecular weight is 711 g/mol. The van der Waals surface area contributed by atoms with Gasteiger partial charge in [-0.05, 0) is 0 Å². The van der Waals surface area contributed by atoms with Crippen LogP contribution in [0.15, 0.2) is 30.0 Å². The lowest BCUT2D eigenvalue weighted by Crippen LogP contribution is -2.35. The number of alkyl halides is 1. The van der Waals surface area contributed by atoms with Gasteiger partial charge in [0.1, 0.15) is 47.8 Å². The Kier molecular flexibility index (Phi) is 7.84. The van der Waals surface area contributed by atoms with Gasteiger partial charge < -0.3 is 29.9 Å². The zero-order chi connectivity index (χ0) is 31.8. The Hall–Kier alpha value is -2.49. The van der Waals surface area contributed by atoms with Crippen LogP contribution in [0.4, 0.5) is 14.6 Å². The summed E-state index contributed by atoms with van der Waals surface area (Å²) in [6, 6.07) is 0. The van der Waals surface area contributed by atoms with Crippen LogP contribution in [0.5, 0.6) is 0 Å². The number of aromatic nitrogens is 7. The number of nitrogens with zero attached hydrogens (tertiary/aromatic N) is 6. The first-order chi connectivity index (χ1) is 21.3. The summed E-state index contributed by atoms with van der Waals surface area (Å²) < 4.78 is 93.3. The van der Waals surface area contributed by atoms with Crippen LogP contribution in [-0.2, 0) is 36.7 Å². The molecule has 0 radical (unpaired) electrons. The molecule has 0 amide bonds. The van der Waals surface area contributed by atoms with Crippen LogP contribution in [-0.4, -0.2) is 89.1 Å². The highest BCUT2D eigenvalue weighted by molar-refractivity contribution is 8.44. The molecule has 3 fully saturated rings. The van der Waals surface area contributed by atoms with Crippen molar-refractivity contribution in [3.63, 3.8) is 0 Å². The molecule has 2 bridgehead atoms. The lowest BCUT2D eigenvalue weighted by Gasteiger charge is -2.26. The van der Waals surface area contributed by atoms with Crippen molar-refractivity contribution in [3.8, 4) is 0 Å². The molecule has 0 saturated carbocycles. The van der Waals surface area contributed by atoms with Crippen LogP contribution in [0, 0.1) is 5.82 Å². The number of nitrogens with one attached hydrogen (secondary N) is 1. The highest BCUT2D eigenvalue weighted by Crippen LogP contribution is 2.60. The largest absolute Gasteiger partial charge is 0.387 e. The first-order valence-corrected chi connectivity index (χ1v) is 18.3. The molecule has 0 aliphatic carbocycles. The fourth-order valence-electron chi connectivity index (χ4n) is 5.37. The van der Waals surface area contributed by atoms with Crippen molar-refractivity contribution in [3.05, 3.63) is 41.3 Å². The molecule has 3 aliphatic heterocycles. The lowest BCUT2D eigenvalue weighted by molar-refractivity contribution is -0.0568. The van der Waals surface area contributed by atoms with Crippen LogP contribution < -0.4 is 11.3 Å². The summed E-state index contributed by atoms with van der Waals surface area (Å²) in [5.74, 6) is -0.935. The molecule has 4 aromatic heterocycles. The smallest absolute Gasteiger partial charge is 0.386 e. The van der Waals surface area contributed by atoms with E-state index in [4.69, 9.17) is 33.3 Å². The number of hydrogen-bond acceptors (Lipinski definition) is 15. The molecule has 4 N–H and O–H groups in total. The van der Waals surface area contributed by atoms with Crippen LogP contribution >= 0.6 is 38.1 Å². The van der Waals surface area contributed by atoms with Crippen LogP contribution in [0.1, 0.15) is 12.5 Å². The molecule has 7 heterocycles. The number of imidazole rings is 1. The third-order valence-corrected chi connectivity index (χ3v) is 10.6. The van der Waals surface area contributed by atoms with E-state index in [2.05, 4.69) is 49.4 Å². The zero-order valence-corrected chi connectivity index (χ0v) is 25.8. The first-order valence-electron chi connectivity index (χ1n) is 12.9. The number of anilines is 1. The molecular formula is C21H22F2N8O10P2S2. The minimum atomic E-state index is -4.47. The van der Waals surface area contributed by atoms with Gasteiger partial charge in [0.05, 0.1) is 25.9 Å². The quantitative estimate of drug-likeness (QED) is 0.147. The average Bonchev–Trinajstić information content (AvgIpc) is 3.71. The van der Waals surface area contributed by atoms with Gasteiger partial charge in [-0.3, -0.25) is 27.5 Å². The number of aliphatic hydroxyl groups excluding tert-OH is 1. The van der Waals surface area contributed by atoms with Crippen LogP contribution in [0.2, 0.25) is 0 Å². The highest BCUT2D eigenvalue weighted by atomic mass is 32.7. The van der Waals surface area contributed by atoms with E-state index in [1.807, 2.05) is 0 Å². The maximum Gasteiger partial charge on any atom is 0.386 e. The SMILES string of the molecule is Nc1ncnc2c1ncn2[C@@H]1O[C@@H]2CO[P@@](=O)(S)O[C@@H]3[C@H](O)[C@@H](CO[P@@](=O)(S)O[C@H]2[C@H]1F)O[C@H]3n1cc(F)c2c(=O)[nH]cnc21. The standard InChI is InChI=1S/C21H22F2N8O10P2S2/c22-7-1-30(17-10(7)19(33)28-5-26-17)21-15-13(32)8(38-21)2-36-42(34,44)40-14-9(3-37-43(35,45)41-15)39-20(11(14)23)31-6-29-12-16(24)25-4-27-18(12)31/h1,4-6,8-9,11,13-15,20-21,32H,2-3H2,(H,34,44)(H,35,45)(H2,24,25,27)(H,26,28,33)/t8-,9-,11-,13-,14-,15-,20-,21-,42-,43-/m1/s1. The van der Waals surface area contributed by atoms with E-state index in [0.29, 0.717) is 0 Å². The third kappa shape index (κ3) is 5.50. The topological polar surface area (TPSA) is 230 Å². The number of ether oxygens (including phenoxy) is 2. The Morgan fingerprint density at radius 3 is 2.42 bits per heavy atom. The van der Waals surface area contributed by atoms with E-state index in [1.54, 1.807) is 0 Å². The summed E-state index contributed by atoms with van der Waals surface area (Å²) in [6.07, 6.45) is -8.46. The van der Waals surface area contributed by atoms with E-state index in [-0.39, 0.29) is 22.6 Å². The van der Waals surface area contributed by atoms with Gasteiger partial charge in [-0.2, -0.15) is 0 Å². The molecule has 0 spiro atoms. The molecular weight excluding hydrogens is 688 g/mol. The van der Waals surface area contributed by atoms with Crippen molar-refractivity contribution >= 4 is 66.1 Å². The summed E-state index contributed by atoms with van der Waals surface area (Å²) in [5.41, 5.74) is 5.14. The number of hydrogen-bond donors (Lipinski definition) is 5. The van der Waals surface area contributed by atoms with Gasteiger partial charge in [0.2, 0.25) is 0 Å². The van der Waals surface area contributed by atoms with Crippen molar-refractivity contribution in [2.45, 2.75) is 49.1 Å². The molecule has 242 valence electrons. The number of rotatable bonds is 2. The van der Waals surface area contributed by atoms with Crippen molar-refractivity contribution in [1.82, 2.24) is 34.1 Å².